The second-order valence-electron chi connectivity index (χ2n) is 1.57. The molecular formula is C7H10IN3. The summed E-state index contributed by atoms with van der Waals surface area (Å²) in [6, 6.07) is 0. The smallest absolute Gasteiger partial charge is 0.114 e. The maximum atomic E-state index is 3.80. The molecule has 0 amide bonds. The summed E-state index contributed by atoms with van der Waals surface area (Å²) in [5, 5.41) is 0. The molecule has 3 nitrogen and oxygen atoms in total. The van der Waals surface area contributed by atoms with Gasteiger partial charge in [-0.2, -0.15) is 0 Å². The third kappa shape index (κ3) is 7.24. The molecule has 0 aromatic heterocycles. The average Bonchev–Trinajstić information content (AvgIpc) is 1.99. The van der Waals surface area contributed by atoms with Gasteiger partial charge in [-0.3, -0.25) is 8.11 Å². The van der Waals surface area contributed by atoms with E-state index >= 15 is 0 Å². The van der Waals surface area contributed by atoms with Crippen LogP contribution in [0.5, 0.6) is 0 Å². The van der Waals surface area contributed by atoms with E-state index in [-0.39, 0.29) is 0 Å². The van der Waals surface area contributed by atoms with E-state index in [1.165, 1.54) is 6.34 Å². The second-order valence-corrected chi connectivity index (χ2v) is 2.69. The molecule has 0 saturated carbocycles. The molecule has 0 spiro atoms. The summed E-state index contributed by atoms with van der Waals surface area (Å²) in [7, 11) is 0. The molecule has 4 heteroatoms. The van der Waals surface area contributed by atoms with Crippen LogP contribution in [0, 0.1) is 0 Å². The Hall–Kier alpha value is -0.650. The van der Waals surface area contributed by atoms with Gasteiger partial charge in [0.1, 0.15) is 6.34 Å². The predicted molar refractivity (Wildman–Crippen MR) is 57.9 cm³/mol. The molecule has 0 N–H and O–H groups in total. The molecule has 0 radical (unpaired) electrons. The predicted octanol–water partition coefficient (Wildman–Crippen LogP) is 2.37. The Morgan fingerprint density at radius 3 is 2.73 bits per heavy atom. The minimum absolute atomic E-state index is 1.39. The van der Waals surface area contributed by atoms with Crippen molar-refractivity contribution in [3.63, 3.8) is 0 Å². The van der Waals surface area contributed by atoms with Crippen LogP contribution in [0.3, 0.4) is 0 Å². The van der Waals surface area contributed by atoms with E-state index in [4.69, 9.17) is 0 Å². The Morgan fingerprint density at radius 1 is 1.45 bits per heavy atom. The van der Waals surface area contributed by atoms with E-state index in [1.54, 1.807) is 6.20 Å². The normalized spacial score (nSPS) is 11.8. The molecular weight excluding hydrogens is 253 g/mol. The lowest BCUT2D eigenvalue weighted by atomic mass is 10.7. The number of aliphatic imine (C=N–C) groups is 2. The summed E-state index contributed by atoms with van der Waals surface area (Å²) in [5.41, 5.74) is 0. The maximum Gasteiger partial charge on any atom is 0.114 e. The van der Waals surface area contributed by atoms with Crippen LogP contribution < -0.4 is 0 Å². The fraction of sp³-hybridized carbons (Fsp3) is 0.143. The highest BCUT2D eigenvalue weighted by Gasteiger charge is 1.79. The number of nitrogens with zero attached hydrogens (tertiary/aromatic N) is 3. The first-order valence-electron chi connectivity index (χ1n) is 3.02. The fourth-order valence-corrected chi connectivity index (χ4v) is 0.845. The van der Waals surface area contributed by atoms with Crippen LogP contribution >= 0.6 is 22.9 Å². The van der Waals surface area contributed by atoms with Gasteiger partial charge in [-0.25, -0.2) is 4.99 Å². The van der Waals surface area contributed by atoms with Gasteiger partial charge in [-0.05, 0) is 13.6 Å². The van der Waals surface area contributed by atoms with Crippen LogP contribution in [0.1, 0.15) is 6.92 Å². The highest BCUT2D eigenvalue weighted by Crippen LogP contribution is 1.99. The van der Waals surface area contributed by atoms with Crippen molar-refractivity contribution in [1.29, 1.82) is 0 Å². The van der Waals surface area contributed by atoms with Crippen LogP contribution in [0.25, 0.3) is 0 Å². The molecule has 11 heavy (non-hydrogen) atoms. The second kappa shape index (κ2) is 7.46. The van der Waals surface area contributed by atoms with Gasteiger partial charge in [0.25, 0.3) is 0 Å². The zero-order valence-corrected chi connectivity index (χ0v) is 8.47. The van der Waals surface area contributed by atoms with Gasteiger partial charge >= 0.3 is 0 Å². The largest absolute Gasteiger partial charge is 0.296 e. The van der Waals surface area contributed by atoms with Crippen molar-refractivity contribution in [2.24, 2.45) is 9.98 Å². The molecule has 0 aliphatic rings. The van der Waals surface area contributed by atoms with Crippen LogP contribution in [0.4, 0.5) is 0 Å². The molecule has 0 saturated heterocycles. The number of rotatable bonds is 4. The summed E-state index contributed by atoms with van der Waals surface area (Å²) < 4.78 is 1.86. The van der Waals surface area contributed by atoms with Gasteiger partial charge < -0.3 is 0 Å². The molecule has 0 unspecified atom stereocenters. The minimum atomic E-state index is 1.39. The van der Waals surface area contributed by atoms with Crippen LogP contribution in [0.2, 0.25) is 0 Å². The van der Waals surface area contributed by atoms with Gasteiger partial charge in [-0.15, -0.1) is 0 Å². The van der Waals surface area contributed by atoms with E-state index in [0.29, 0.717) is 0 Å². The Kier molecular flexibility index (Phi) is 7.02. The molecule has 0 aromatic carbocycles. The Balaban J connectivity index is 3.72. The lowest BCUT2D eigenvalue weighted by Gasteiger charge is -1.99. The first-order chi connectivity index (χ1) is 5.31. The van der Waals surface area contributed by atoms with Crippen LogP contribution in [0.15, 0.2) is 34.7 Å². The molecule has 0 fully saturated rings. The van der Waals surface area contributed by atoms with Crippen molar-refractivity contribution in [3.8, 4) is 0 Å². The zero-order valence-electron chi connectivity index (χ0n) is 6.31. The van der Waals surface area contributed by atoms with Gasteiger partial charge in [0.15, 0.2) is 0 Å². The Bertz CT molecular complexity index is 184. The van der Waals surface area contributed by atoms with E-state index in [1.807, 2.05) is 28.5 Å². The highest BCUT2D eigenvalue weighted by atomic mass is 127. The Morgan fingerprint density at radius 2 is 2.18 bits per heavy atom. The lowest BCUT2D eigenvalue weighted by molar-refractivity contribution is 0.910. The summed E-state index contributed by atoms with van der Waals surface area (Å²) in [5.74, 6) is 0. The van der Waals surface area contributed by atoms with Crippen molar-refractivity contribution >= 4 is 35.9 Å². The van der Waals surface area contributed by atoms with Gasteiger partial charge in [0, 0.05) is 18.6 Å². The lowest BCUT2D eigenvalue weighted by Crippen LogP contribution is -1.87. The topological polar surface area (TPSA) is 28.0 Å². The molecule has 0 heterocycles. The van der Waals surface area contributed by atoms with Crippen molar-refractivity contribution in [2.75, 3.05) is 0 Å². The van der Waals surface area contributed by atoms with Crippen molar-refractivity contribution in [1.82, 2.24) is 3.11 Å². The van der Waals surface area contributed by atoms with Crippen molar-refractivity contribution in [2.45, 2.75) is 6.92 Å². The first-order valence-corrected chi connectivity index (χ1v) is 3.99. The third-order valence-corrected chi connectivity index (χ3v) is 1.38. The fourth-order valence-electron chi connectivity index (χ4n) is 0.380. The van der Waals surface area contributed by atoms with E-state index < -0.39 is 0 Å². The highest BCUT2D eigenvalue weighted by molar-refractivity contribution is 14.1. The molecule has 0 bridgehead atoms. The number of halogens is 1. The van der Waals surface area contributed by atoms with Crippen LogP contribution in [-0.4, -0.2) is 16.2 Å². The summed E-state index contributed by atoms with van der Waals surface area (Å²) >= 11 is 2.13. The van der Waals surface area contributed by atoms with E-state index in [0.717, 1.165) is 0 Å². The summed E-state index contributed by atoms with van der Waals surface area (Å²) in [6.07, 6.45) is 8.68. The summed E-state index contributed by atoms with van der Waals surface area (Å²) in [4.78, 5) is 7.24. The van der Waals surface area contributed by atoms with E-state index in [2.05, 4.69) is 39.6 Å². The molecule has 0 aliphatic carbocycles. The standard InChI is InChI=1S/C7H10IN3/c1-3-5-11(8)6-4-10-7-9-2/h3-7H,2H2,1H3/b5-3-,6-4-,10-7?. The number of hydrogen-bond acceptors (Lipinski definition) is 2. The SMILES string of the molecule is C=NC=N/C=C\N(I)/C=C\C. The van der Waals surface area contributed by atoms with Gasteiger partial charge in [0.05, 0.1) is 22.9 Å². The Labute approximate surface area is 80.7 Å². The van der Waals surface area contributed by atoms with Crippen molar-refractivity contribution in [3.05, 3.63) is 24.7 Å². The average molecular weight is 263 g/mol. The molecule has 0 atom stereocenters. The first kappa shape index (κ1) is 10.3. The molecule has 0 aromatic rings. The third-order valence-electron chi connectivity index (χ3n) is 0.735. The van der Waals surface area contributed by atoms with Crippen LogP contribution in [-0.2, 0) is 0 Å². The molecule has 60 valence electrons. The monoisotopic (exact) mass is 263 g/mol. The molecule has 0 rings (SSSR count). The molecule has 0 aliphatic heterocycles. The van der Waals surface area contributed by atoms with Gasteiger partial charge in [-0.1, -0.05) is 6.08 Å². The van der Waals surface area contributed by atoms with Gasteiger partial charge in [0.2, 0.25) is 0 Å². The minimum Gasteiger partial charge on any atom is -0.296 e. The number of allylic oxidation sites excluding steroid dienone is 1. The van der Waals surface area contributed by atoms with E-state index in [9.17, 15) is 0 Å². The number of hydrogen-bond donors (Lipinski definition) is 0. The zero-order chi connectivity index (χ0) is 8.53. The quantitative estimate of drug-likeness (QED) is 0.331. The summed E-state index contributed by atoms with van der Waals surface area (Å²) in [6.45, 7) is 5.20. The maximum absolute atomic E-state index is 3.80. The van der Waals surface area contributed by atoms with Crippen molar-refractivity contribution < 1.29 is 0 Å².